The van der Waals surface area contributed by atoms with Crippen molar-refractivity contribution in [3.8, 4) is 0 Å². The maximum atomic E-state index is 8.78. The average molecular weight is 258 g/mol. The molecule has 0 aliphatic rings. The maximum absolute atomic E-state index is 8.78. The van der Waals surface area contributed by atoms with Crippen molar-refractivity contribution in [1.29, 1.82) is 0 Å². The maximum Gasteiger partial charge on any atom is 0.225 e. The number of hydrogen-bond donors (Lipinski definition) is 3. The number of aliphatic hydroxyl groups excluding tert-OH is 1. The molecule has 3 N–H and O–H groups in total. The summed E-state index contributed by atoms with van der Waals surface area (Å²) < 4.78 is 0. The molecule has 0 unspecified atom stereocenters. The van der Waals surface area contributed by atoms with E-state index in [2.05, 4.69) is 27.2 Å². The molecular weight excluding hydrogens is 240 g/mol. The van der Waals surface area contributed by atoms with Gasteiger partial charge in [0.05, 0.1) is 5.52 Å². The molecule has 5 heteroatoms. The van der Waals surface area contributed by atoms with Crippen LogP contribution in [0.15, 0.2) is 36.9 Å². The lowest BCUT2D eigenvalue weighted by Crippen LogP contribution is -2.09. The smallest absolute Gasteiger partial charge is 0.225 e. The van der Waals surface area contributed by atoms with Gasteiger partial charge in [-0.3, -0.25) is 0 Å². The number of rotatable bonds is 7. The number of aliphatic hydroxyl groups is 1. The van der Waals surface area contributed by atoms with Crippen LogP contribution >= 0.6 is 0 Å². The Labute approximate surface area is 112 Å². The molecule has 0 atom stereocenters. The van der Waals surface area contributed by atoms with Crippen molar-refractivity contribution in [1.82, 2.24) is 9.97 Å². The zero-order valence-corrected chi connectivity index (χ0v) is 10.8. The molecular formula is C14H18N4O. The summed E-state index contributed by atoms with van der Waals surface area (Å²) in [5, 5.41) is 16.1. The molecule has 0 radical (unpaired) electrons. The molecule has 2 rings (SSSR count). The first-order chi connectivity index (χ1) is 9.35. The van der Waals surface area contributed by atoms with E-state index in [1.54, 1.807) is 6.08 Å². The Morgan fingerprint density at radius 3 is 2.84 bits per heavy atom. The van der Waals surface area contributed by atoms with Crippen LogP contribution in [0.5, 0.6) is 0 Å². The van der Waals surface area contributed by atoms with Gasteiger partial charge in [-0.15, -0.1) is 6.58 Å². The summed E-state index contributed by atoms with van der Waals surface area (Å²) in [5.74, 6) is 1.36. The third-order valence-corrected chi connectivity index (χ3v) is 2.64. The molecule has 1 heterocycles. The summed E-state index contributed by atoms with van der Waals surface area (Å²) in [6, 6.07) is 7.85. The number of nitrogens with one attached hydrogen (secondary N) is 2. The average Bonchev–Trinajstić information content (AvgIpc) is 2.45. The minimum absolute atomic E-state index is 0.155. The van der Waals surface area contributed by atoms with Crippen LogP contribution in [-0.2, 0) is 0 Å². The fourth-order valence-corrected chi connectivity index (χ4v) is 1.74. The van der Waals surface area contributed by atoms with E-state index in [1.807, 2.05) is 24.3 Å². The van der Waals surface area contributed by atoms with Gasteiger partial charge in [0.2, 0.25) is 5.95 Å². The van der Waals surface area contributed by atoms with E-state index >= 15 is 0 Å². The first-order valence-electron chi connectivity index (χ1n) is 6.31. The van der Waals surface area contributed by atoms with Crippen LogP contribution in [0.25, 0.3) is 10.9 Å². The number of aromatic nitrogens is 2. The second-order valence-corrected chi connectivity index (χ2v) is 4.09. The van der Waals surface area contributed by atoms with E-state index in [1.165, 1.54) is 0 Å². The largest absolute Gasteiger partial charge is 0.396 e. The predicted molar refractivity (Wildman–Crippen MR) is 78.4 cm³/mol. The molecule has 100 valence electrons. The molecule has 5 nitrogen and oxygen atoms in total. The monoisotopic (exact) mass is 258 g/mol. The summed E-state index contributed by atoms with van der Waals surface area (Å²) in [6.07, 6.45) is 2.46. The molecule has 0 saturated carbocycles. The minimum atomic E-state index is 0.155. The van der Waals surface area contributed by atoms with Gasteiger partial charge in [0, 0.05) is 25.1 Å². The summed E-state index contributed by atoms with van der Waals surface area (Å²) in [6.45, 7) is 5.14. The highest BCUT2D eigenvalue weighted by molar-refractivity contribution is 5.90. The van der Waals surface area contributed by atoms with Gasteiger partial charge in [-0.25, -0.2) is 4.98 Å². The van der Waals surface area contributed by atoms with Gasteiger partial charge < -0.3 is 15.7 Å². The summed E-state index contributed by atoms with van der Waals surface area (Å²) >= 11 is 0. The van der Waals surface area contributed by atoms with Crippen LogP contribution in [-0.4, -0.2) is 34.8 Å². The Morgan fingerprint density at radius 1 is 1.21 bits per heavy atom. The second-order valence-electron chi connectivity index (χ2n) is 4.09. The van der Waals surface area contributed by atoms with Crippen molar-refractivity contribution in [3.63, 3.8) is 0 Å². The normalized spacial score (nSPS) is 10.4. The zero-order chi connectivity index (χ0) is 13.5. The predicted octanol–water partition coefficient (Wildman–Crippen LogP) is 2.02. The van der Waals surface area contributed by atoms with Crippen molar-refractivity contribution in [2.45, 2.75) is 6.42 Å². The fourth-order valence-electron chi connectivity index (χ4n) is 1.74. The van der Waals surface area contributed by atoms with Crippen LogP contribution < -0.4 is 10.6 Å². The molecule has 0 aliphatic heterocycles. The van der Waals surface area contributed by atoms with Gasteiger partial charge in [-0.05, 0) is 18.6 Å². The standard InChI is InChI=1S/C14H18N4O/c1-2-8-15-13-11-6-3-4-7-12(11)17-14(18-13)16-9-5-10-19/h2-4,6-7,19H,1,5,8-10H2,(H2,15,16,17,18). The number of para-hydroxylation sites is 1. The van der Waals surface area contributed by atoms with Crippen LogP contribution in [0.3, 0.4) is 0 Å². The molecule has 0 fully saturated rings. The van der Waals surface area contributed by atoms with Crippen molar-refractivity contribution in [2.24, 2.45) is 0 Å². The zero-order valence-electron chi connectivity index (χ0n) is 10.8. The SMILES string of the molecule is C=CCNc1nc(NCCCO)nc2ccccc12. The van der Waals surface area contributed by atoms with E-state index in [0.717, 1.165) is 16.7 Å². The van der Waals surface area contributed by atoms with Gasteiger partial charge >= 0.3 is 0 Å². The molecule has 1 aromatic carbocycles. The van der Waals surface area contributed by atoms with Gasteiger partial charge in [0.15, 0.2) is 0 Å². The van der Waals surface area contributed by atoms with Crippen LogP contribution in [0, 0.1) is 0 Å². The van der Waals surface area contributed by atoms with E-state index < -0.39 is 0 Å². The Hall–Kier alpha value is -2.14. The first-order valence-corrected chi connectivity index (χ1v) is 6.31. The van der Waals surface area contributed by atoms with Gasteiger partial charge in [-0.2, -0.15) is 4.98 Å². The van der Waals surface area contributed by atoms with E-state index in [-0.39, 0.29) is 6.61 Å². The molecule has 1 aromatic heterocycles. The Bertz CT molecular complexity index is 556. The Balaban J connectivity index is 2.29. The van der Waals surface area contributed by atoms with Crippen LogP contribution in [0.1, 0.15) is 6.42 Å². The van der Waals surface area contributed by atoms with Crippen molar-refractivity contribution in [2.75, 3.05) is 30.3 Å². The first kappa shape index (κ1) is 13.3. The molecule has 0 saturated heterocycles. The van der Waals surface area contributed by atoms with E-state index in [4.69, 9.17) is 5.11 Å². The molecule has 0 aliphatic carbocycles. The second kappa shape index (κ2) is 6.70. The van der Waals surface area contributed by atoms with E-state index in [0.29, 0.717) is 25.5 Å². The highest BCUT2D eigenvalue weighted by atomic mass is 16.3. The Kier molecular flexibility index (Phi) is 4.69. The lowest BCUT2D eigenvalue weighted by atomic mass is 10.2. The fraction of sp³-hybridized carbons (Fsp3) is 0.286. The lowest BCUT2D eigenvalue weighted by molar-refractivity contribution is 0.292. The van der Waals surface area contributed by atoms with Gasteiger partial charge in [0.1, 0.15) is 5.82 Å². The number of anilines is 2. The molecule has 0 amide bonds. The minimum Gasteiger partial charge on any atom is -0.396 e. The molecule has 0 spiro atoms. The number of fused-ring (bicyclic) bond motifs is 1. The van der Waals surface area contributed by atoms with Crippen LogP contribution in [0.4, 0.5) is 11.8 Å². The third-order valence-electron chi connectivity index (χ3n) is 2.64. The Morgan fingerprint density at radius 2 is 2.05 bits per heavy atom. The number of nitrogens with zero attached hydrogens (tertiary/aromatic N) is 2. The quantitative estimate of drug-likeness (QED) is 0.523. The highest BCUT2D eigenvalue weighted by Crippen LogP contribution is 2.21. The van der Waals surface area contributed by atoms with Crippen LogP contribution in [0.2, 0.25) is 0 Å². The van der Waals surface area contributed by atoms with Crippen molar-refractivity contribution >= 4 is 22.7 Å². The molecule has 19 heavy (non-hydrogen) atoms. The number of hydrogen-bond acceptors (Lipinski definition) is 5. The summed E-state index contributed by atoms with van der Waals surface area (Å²) in [5.41, 5.74) is 0.885. The molecule has 0 bridgehead atoms. The van der Waals surface area contributed by atoms with E-state index in [9.17, 15) is 0 Å². The third kappa shape index (κ3) is 3.42. The number of benzene rings is 1. The topological polar surface area (TPSA) is 70.1 Å². The van der Waals surface area contributed by atoms with Crippen molar-refractivity contribution in [3.05, 3.63) is 36.9 Å². The highest BCUT2D eigenvalue weighted by Gasteiger charge is 2.06. The summed E-state index contributed by atoms with van der Waals surface area (Å²) in [4.78, 5) is 8.89. The van der Waals surface area contributed by atoms with Gasteiger partial charge in [0.25, 0.3) is 0 Å². The summed E-state index contributed by atoms with van der Waals surface area (Å²) in [7, 11) is 0. The van der Waals surface area contributed by atoms with Crippen molar-refractivity contribution < 1.29 is 5.11 Å². The lowest BCUT2D eigenvalue weighted by Gasteiger charge is -2.10. The molecule has 2 aromatic rings. The van der Waals surface area contributed by atoms with Gasteiger partial charge in [-0.1, -0.05) is 18.2 Å².